The summed E-state index contributed by atoms with van der Waals surface area (Å²) in [4.78, 5) is 12.4. The van der Waals surface area contributed by atoms with Crippen LogP contribution in [0.25, 0.3) is 5.69 Å². The molecule has 2 rings (SSSR count). The van der Waals surface area contributed by atoms with Crippen molar-refractivity contribution >= 4 is 17.7 Å². The van der Waals surface area contributed by atoms with Crippen molar-refractivity contribution in [1.82, 2.24) is 20.3 Å². The zero-order valence-corrected chi connectivity index (χ0v) is 12.4. The summed E-state index contributed by atoms with van der Waals surface area (Å²) in [5, 5.41) is 10.7. The minimum atomic E-state index is -0.0790. The van der Waals surface area contributed by atoms with Gasteiger partial charge in [-0.05, 0) is 37.5 Å². The molecule has 0 saturated heterocycles. The van der Waals surface area contributed by atoms with Crippen LogP contribution in [0.4, 0.5) is 0 Å². The van der Waals surface area contributed by atoms with Crippen LogP contribution in [0.2, 0.25) is 0 Å². The topological polar surface area (TPSA) is 59.8 Å². The average Bonchev–Trinajstić information content (AvgIpc) is 2.99. The second-order valence-corrected chi connectivity index (χ2v) is 5.51. The number of carbonyl (C=O) groups excluding carboxylic acids is 1. The van der Waals surface area contributed by atoms with E-state index >= 15 is 0 Å². The van der Waals surface area contributed by atoms with Crippen LogP contribution < -0.4 is 5.32 Å². The number of thioether (sulfide) groups is 1. The van der Waals surface area contributed by atoms with Crippen molar-refractivity contribution in [3.05, 3.63) is 42.2 Å². The van der Waals surface area contributed by atoms with E-state index in [0.29, 0.717) is 5.56 Å². The highest BCUT2D eigenvalue weighted by molar-refractivity contribution is 7.98. The fourth-order valence-electron chi connectivity index (χ4n) is 1.87. The Morgan fingerprint density at radius 3 is 2.95 bits per heavy atom. The number of hydrogen-bond acceptors (Lipinski definition) is 4. The zero-order valence-electron chi connectivity index (χ0n) is 11.6. The average molecular weight is 290 g/mol. The van der Waals surface area contributed by atoms with E-state index < -0.39 is 0 Å². The quantitative estimate of drug-likeness (QED) is 0.885. The number of para-hydroxylation sites is 1. The van der Waals surface area contributed by atoms with Gasteiger partial charge in [-0.15, -0.1) is 5.10 Å². The van der Waals surface area contributed by atoms with Crippen LogP contribution in [0.1, 0.15) is 23.7 Å². The summed E-state index contributed by atoms with van der Waals surface area (Å²) in [5.74, 6) is 0.955. The van der Waals surface area contributed by atoms with Gasteiger partial charge in [-0.3, -0.25) is 4.79 Å². The zero-order chi connectivity index (χ0) is 14.4. The first-order chi connectivity index (χ1) is 9.72. The van der Waals surface area contributed by atoms with Crippen molar-refractivity contribution in [1.29, 1.82) is 0 Å². The number of amides is 1. The molecule has 1 amide bonds. The second-order valence-electron chi connectivity index (χ2n) is 4.52. The van der Waals surface area contributed by atoms with E-state index in [2.05, 4.69) is 21.9 Å². The van der Waals surface area contributed by atoms with E-state index in [9.17, 15) is 4.79 Å². The van der Waals surface area contributed by atoms with Crippen molar-refractivity contribution < 1.29 is 4.79 Å². The first-order valence-electron chi connectivity index (χ1n) is 6.48. The SMILES string of the molecule is CSCC[C@H](C)NC(=O)c1ccccc1-n1ccnn1. The smallest absolute Gasteiger partial charge is 0.253 e. The maximum Gasteiger partial charge on any atom is 0.253 e. The third kappa shape index (κ3) is 3.60. The highest BCUT2D eigenvalue weighted by atomic mass is 32.2. The minimum absolute atomic E-state index is 0.0790. The van der Waals surface area contributed by atoms with Gasteiger partial charge in [-0.1, -0.05) is 17.3 Å². The lowest BCUT2D eigenvalue weighted by atomic mass is 10.1. The standard InChI is InChI=1S/C14H18N4OS/c1-11(7-10-20-2)16-14(19)12-5-3-4-6-13(12)18-9-8-15-17-18/h3-6,8-9,11H,7,10H2,1-2H3,(H,16,19)/t11-/m0/s1. The molecule has 0 fully saturated rings. The van der Waals surface area contributed by atoms with Gasteiger partial charge in [0.2, 0.25) is 0 Å². The highest BCUT2D eigenvalue weighted by Crippen LogP contribution is 2.13. The van der Waals surface area contributed by atoms with Crippen LogP contribution >= 0.6 is 11.8 Å². The summed E-state index contributed by atoms with van der Waals surface area (Å²) >= 11 is 1.78. The van der Waals surface area contributed by atoms with Crippen molar-refractivity contribution in [3.8, 4) is 5.69 Å². The first-order valence-corrected chi connectivity index (χ1v) is 7.87. The normalized spacial score (nSPS) is 12.1. The molecule has 1 aromatic carbocycles. The lowest BCUT2D eigenvalue weighted by Gasteiger charge is -2.15. The van der Waals surface area contributed by atoms with Gasteiger partial charge in [0.05, 0.1) is 23.6 Å². The Morgan fingerprint density at radius 2 is 2.25 bits per heavy atom. The molecular weight excluding hydrogens is 272 g/mol. The summed E-state index contributed by atoms with van der Waals surface area (Å²) in [6.45, 7) is 2.02. The van der Waals surface area contributed by atoms with Gasteiger partial charge in [0.15, 0.2) is 0 Å². The number of nitrogens with one attached hydrogen (secondary N) is 1. The predicted molar refractivity (Wildman–Crippen MR) is 81.3 cm³/mol. The molecule has 2 aromatic rings. The molecule has 0 unspecified atom stereocenters. The van der Waals surface area contributed by atoms with E-state index in [-0.39, 0.29) is 11.9 Å². The summed E-state index contributed by atoms with van der Waals surface area (Å²) in [7, 11) is 0. The molecule has 1 heterocycles. The molecule has 20 heavy (non-hydrogen) atoms. The van der Waals surface area contributed by atoms with Gasteiger partial charge >= 0.3 is 0 Å². The lowest BCUT2D eigenvalue weighted by molar-refractivity contribution is 0.0939. The molecule has 0 aliphatic rings. The summed E-state index contributed by atoms with van der Waals surface area (Å²) in [6, 6.07) is 7.54. The van der Waals surface area contributed by atoms with Crippen LogP contribution in [0, 0.1) is 0 Å². The number of benzene rings is 1. The molecule has 1 atom stereocenters. The monoisotopic (exact) mass is 290 g/mol. The first kappa shape index (κ1) is 14.6. The van der Waals surface area contributed by atoms with Gasteiger partial charge in [0.1, 0.15) is 0 Å². The fourth-order valence-corrected chi connectivity index (χ4v) is 2.46. The van der Waals surface area contributed by atoms with Crippen molar-refractivity contribution in [2.45, 2.75) is 19.4 Å². The van der Waals surface area contributed by atoms with Crippen molar-refractivity contribution in [2.75, 3.05) is 12.0 Å². The maximum absolute atomic E-state index is 12.4. The van der Waals surface area contributed by atoms with Crippen molar-refractivity contribution in [3.63, 3.8) is 0 Å². The van der Waals surface area contributed by atoms with Crippen LogP contribution in [-0.2, 0) is 0 Å². The third-order valence-corrected chi connectivity index (χ3v) is 3.59. The highest BCUT2D eigenvalue weighted by Gasteiger charge is 2.14. The molecular formula is C14H18N4OS. The lowest BCUT2D eigenvalue weighted by Crippen LogP contribution is -2.33. The predicted octanol–water partition coefficient (Wildman–Crippen LogP) is 2.14. The Hall–Kier alpha value is -1.82. The Kier molecular flexibility index (Phi) is 5.17. The minimum Gasteiger partial charge on any atom is -0.349 e. The molecule has 0 bridgehead atoms. The molecule has 0 radical (unpaired) electrons. The summed E-state index contributed by atoms with van der Waals surface area (Å²) < 4.78 is 1.60. The Morgan fingerprint density at radius 1 is 1.45 bits per heavy atom. The molecule has 0 spiro atoms. The van der Waals surface area contributed by atoms with Gasteiger partial charge < -0.3 is 5.32 Å². The largest absolute Gasteiger partial charge is 0.349 e. The fraction of sp³-hybridized carbons (Fsp3) is 0.357. The summed E-state index contributed by atoms with van der Waals surface area (Å²) in [6.07, 6.45) is 6.34. The van der Waals surface area contributed by atoms with Gasteiger partial charge in [-0.25, -0.2) is 4.68 Å². The van der Waals surface area contributed by atoms with E-state index in [0.717, 1.165) is 17.9 Å². The Bertz CT molecular complexity index is 556. The van der Waals surface area contributed by atoms with Crippen LogP contribution in [0.5, 0.6) is 0 Å². The molecule has 5 nitrogen and oxygen atoms in total. The van der Waals surface area contributed by atoms with Crippen LogP contribution in [0.15, 0.2) is 36.7 Å². The number of hydrogen-bond donors (Lipinski definition) is 1. The number of rotatable bonds is 6. The molecule has 1 aromatic heterocycles. The van der Waals surface area contributed by atoms with E-state index in [1.165, 1.54) is 0 Å². The van der Waals surface area contributed by atoms with Crippen LogP contribution in [0.3, 0.4) is 0 Å². The van der Waals surface area contributed by atoms with Gasteiger partial charge in [-0.2, -0.15) is 11.8 Å². The van der Waals surface area contributed by atoms with E-state index in [1.807, 2.05) is 25.1 Å². The van der Waals surface area contributed by atoms with Gasteiger partial charge in [0.25, 0.3) is 5.91 Å². The molecule has 0 saturated carbocycles. The molecule has 106 valence electrons. The van der Waals surface area contributed by atoms with Crippen molar-refractivity contribution in [2.24, 2.45) is 0 Å². The number of carbonyl (C=O) groups is 1. The Balaban J connectivity index is 2.14. The Labute approximate surface area is 122 Å². The molecule has 0 aliphatic carbocycles. The molecule has 0 aliphatic heterocycles. The van der Waals surface area contributed by atoms with Crippen LogP contribution in [-0.4, -0.2) is 39.0 Å². The number of nitrogens with zero attached hydrogens (tertiary/aromatic N) is 3. The molecule has 6 heteroatoms. The summed E-state index contributed by atoms with van der Waals surface area (Å²) in [5.41, 5.74) is 1.34. The van der Waals surface area contributed by atoms with Gasteiger partial charge in [0, 0.05) is 6.04 Å². The third-order valence-electron chi connectivity index (χ3n) is 2.95. The number of aromatic nitrogens is 3. The maximum atomic E-state index is 12.4. The van der Waals surface area contributed by atoms with E-state index in [4.69, 9.17) is 0 Å². The van der Waals surface area contributed by atoms with E-state index in [1.54, 1.807) is 34.9 Å². The second kappa shape index (κ2) is 7.09. The molecule has 1 N–H and O–H groups in total.